The van der Waals surface area contributed by atoms with Gasteiger partial charge in [0.25, 0.3) is 0 Å². The average Bonchev–Trinajstić information content (AvgIpc) is 2.91. The van der Waals surface area contributed by atoms with E-state index in [9.17, 15) is 9.50 Å². The molecule has 1 aliphatic rings. The Balaban J connectivity index is 1.63. The zero-order valence-corrected chi connectivity index (χ0v) is 15.0. The second kappa shape index (κ2) is 8.08. The molecule has 2 aromatic rings. The Morgan fingerprint density at radius 1 is 1.20 bits per heavy atom. The number of aryl methyl sites for hydroxylation is 1. The third kappa shape index (κ3) is 4.45. The van der Waals surface area contributed by atoms with Crippen LogP contribution in [0.25, 0.3) is 0 Å². The molecule has 1 atom stereocenters. The Morgan fingerprint density at radius 3 is 2.60 bits per heavy atom. The minimum absolute atomic E-state index is 0.185. The number of aliphatic hydroxyl groups is 1. The number of nitrogens with zero attached hydrogens (tertiary/aromatic N) is 4. The summed E-state index contributed by atoms with van der Waals surface area (Å²) in [5.41, 5.74) is 3.57. The summed E-state index contributed by atoms with van der Waals surface area (Å²) in [6.45, 7) is 6.83. The molecule has 0 aliphatic carbocycles. The number of hydrogen-bond donors (Lipinski definition) is 1. The number of benzene rings is 1. The van der Waals surface area contributed by atoms with Crippen molar-refractivity contribution in [3.8, 4) is 0 Å². The number of hydrogen-bond acceptors (Lipinski definition) is 4. The van der Waals surface area contributed by atoms with E-state index >= 15 is 0 Å². The van der Waals surface area contributed by atoms with Gasteiger partial charge in [-0.25, -0.2) is 4.39 Å². The number of aromatic nitrogens is 2. The SMILES string of the molecule is Cc1c(CN2CCN(Cc3ccc(F)cc3)C(CCO)C2)cnn1C. The molecule has 0 radical (unpaired) electrons. The molecule has 5 nitrogen and oxygen atoms in total. The molecule has 0 spiro atoms. The first-order valence-electron chi connectivity index (χ1n) is 8.86. The van der Waals surface area contributed by atoms with Crippen molar-refractivity contribution in [1.82, 2.24) is 19.6 Å². The molecule has 3 rings (SSSR count). The Hall–Kier alpha value is -1.76. The van der Waals surface area contributed by atoms with Gasteiger partial charge in [-0.05, 0) is 31.0 Å². The lowest BCUT2D eigenvalue weighted by atomic mass is 10.1. The van der Waals surface area contributed by atoms with Crippen molar-refractivity contribution < 1.29 is 9.50 Å². The summed E-state index contributed by atoms with van der Waals surface area (Å²) in [6.07, 6.45) is 2.70. The summed E-state index contributed by atoms with van der Waals surface area (Å²) >= 11 is 0. The van der Waals surface area contributed by atoms with Crippen molar-refractivity contribution in [3.63, 3.8) is 0 Å². The van der Waals surface area contributed by atoms with Gasteiger partial charge in [0.05, 0.1) is 6.20 Å². The summed E-state index contributed by atoms with van der Waals surface area (Å²) in [5.74, 6) is -0.202. The van der Waals surface area contributed by atoms with Gasteiger partial charge in [0.2, 0.25) is 0 Å². The van der Waals surface area contributed by atoms with E-state index in [1.54, 1.807) is 0 Å². The fourth-order valence-corrected chi connectivity index (χ4v) is 3.50. The molecule has 25 heavy (non-hydrogen) atoms. The third-order valence-corrected chi connectivity index (χ3v) is 5.18. The van der Waals surface area contributed by atoms with Gasteiger partial charge in [0.15, 0.2) is 0 Å². The first kappa shape index (κ1) is 18.0. The molecule has 0 bridgehead atoms. The zero-order chi connectivity index (χ0) is 17.8. The van der Waals surface area contributed by atoms with E-state index in [1.165, 1.54) is 23.4 Å². The largest absolute Gasteiger partial charge is 0.396 e. The Bertz CT molecular complexity index is 685. The predicted octanol–water partition coefficient (Wildman–Crippen LogP) is 1.94. The lowest BCUT2D eigenvalue weighted by Gasteiger charge is -2.41. The van der Waals surface area contributed by atoms with Gasteiger partial charge < -0.3 is 5.11 Å². The van der Waals surface area contributed by atoms with Crippen molar-refractivity contribution in [3.05, 3.63) is 53.1 Å². The highest BCUT2D eigenvalue weighted by Gasteiger charge is 2.27. The molecular weight excluding hydrogens is 319 g/mol. The summed E-state index contributed by atoms with van der Waals surface area (Å²) in [6, 6.07) is 7.02. The Morgan fingerprint density at radius 2 is 1.96 bits per heavy atom. The molecule has 1 aliphatic heterocycles. The van der Waals surface area contributed by atoms with Gasteiger partial charge >= 0.3 is 0 Å². The summed E-state index contributed by atoms with van der Waals surface area (Å²) in [7, 11) is 1.97. The Kier molecular flexibility index (Phi) is 5.83. The van der Waals surface area contributed by atoms with Crippen LogP contribution in [-0.2, 0) is 20.1 Å². The molecule has 136 valence electrons. The highest BCUT2D eigenvalue weighted by Crippen LogP contribution is 2.19. The van der Waals surface area contributed by atoms with Crippen LogP contribution in [0.15, 0.2) is 30.5 Å². The summed E-state index contributed by atoms with van der Waals surface area (Å²) < 4.78 is 15.0. The topological polar surface area (TPSA) is 44.5 Å². The normalized spacial score (nSPS) is 19.4. The van der Waals surface area contributed by atoms with E-state index < -0.39 is 0 Å². The minimum Gasteiger partial charge on any atom is -0.396 e. The maximum Gasteiger partial charge on any atom is 0.123 e. The lowest BCUT2D eigenvalue weighted by molar-refractivity contribution is 0.0499. The maximum absolute atomic E-state index is 13.1. The fraction of sp³-hybridized carbons (Fsp3) is 0.526. The standard InChI is InChI=1S/C19H27FN4O/c1-15-17(11-21-22(15)2)13-23-8-9-24(19(14-23)7-10-25)12-16-3-5-18(20)6-4-16/h3-6,11,19,25H,7-10,12-14H2,1-2H3. The fourth-order valence-electron chi connectivity index (χ4n) is 3.50. The number of piperazine rings is 1. The average molecular weight is 346 g/mol. The molecule has 1 saturated heterocycles. The van der Waals surface area contributed by atoms with Crippen LogP contribution in [0.2, 0.25) is 0 Å². The van der Waals surface area contributed by atoms with Crippen molar-refractivity contribution in [2.24, 2.45) is 7.05 Å². The second-order valence-electron chi connectivity index (χ2n) is 6.88. The quantitative estimate of drug-likeness (QED) is 0.868. The zero-order valence-electron chi connectivity index (χ0n) is 15.0. The van der Waals surface area contributed by atoms with Crippen molar-refractivity contribution >= 4 is 0 Å². The van der Waals surface area contributed by atoms with Gasteiger partial charge in [-0.15, -0.1) is 0 Å². The number of halogens is 1. The first-order chi connectivity index (χ1) is 12.1. The monoisotopic (exact) mass is 346 g/mol. The van der Waals surface area contributed by atoms with Gasteiger partial charge in [-0.3, -0.25) is 14.5 Å². The van der Waals surface area contributed by atoms with E-state index in [0.29, 0.717) is 6.04 Å². The predicted molar refractivity (Wildman–Crippen MR) is 95.5 cm³/mol. The molecule has 0 saturated carbocycles. The van der Waals surface area contributed by atoms with E-state index in [1.807, 2.05) is 30.1 Å². The van der Waals surface area contributed by atoms with Crippen LogP contribution in [0.4, 0.5) is 4.39 Å². The third-order valence-electron chi connectivity index (χ3n) is 5.18. The molecule has 1 fully saturated rings. The van der Waals surface area contributed by atoms with Crippen LogP contribution < -0.4 is 0 Å². The highest BCUT2D eigenvalue weighted by molar-refractivity contribution is 5.17. The van der Waals surface area contributed by atoms with Crippen molar-refractivity contribution in [2.75, 3.05) is 26.2 Å². The molecule has 6 heteroatoms. The van der Waals surface area contributed by atoms with Crippen LogP contribution in [-0.4, -0.2) is 57.0 Å². The lowest BCUT2D eigenvalue weighted by Crippen LogP contribution is -2.52. The van der Waals surface area contributed by atoms with Crippen LogP contribution in [0.3, 0.4) is 0 Å². The number of rotatable bonds is 6. The second-order valence-corrected chi connectivity index (χ2v) is 6.88. The van der Waals surface area contributed by atoms with Crippen molar-refractivity contribution in [2.45, 2.75) is 32.5 Å². The van der Waals surface area contributed by atoms with E-state index in [2.05, 4.69) is 21.8 Å². The molecular formula is C19H27FN4O. The van der Waals surface area contributed by atoms with E-state index in [-0.39, 0.29) is 12.4 Å². The van der Waals surface area contributed by atoms with Gasteiger partial charge in [0, 0.05) is 63.7 Å². The van der Waals surface area contributed by atoms with Gasteiger partial charge in [0.1, 0.15) is 5.82 Å². The van der Waals surface area contributed by atoms with Gasteiger partial charge in [-0.1, -0.05) is 12.1 Å². The Labute approximate surface area is 148 Å². The number of aliphatic hydroxyl groups excluding tert-OH is 1. The van der Waals surface area contributed by atoms with E-state index in [4.69, 9.17) is 0 Å². The molecule has 1 unspecified atom stereocenters. The first-order valence-corrected chi connectivity index (χ1v) is 8.86. The van der Waals surface area contributed by atoms with Crippen LogP contribution in [0.5, 0.6) is 0 Å². The molecule has 1 N–H and O–H groups in total. The molecule has 1 aromatic heterocycles. The summed E-state index contributed by atoms with van der Waals surface area (Å²) in [4.78, 5) is 4.83. The van der Waals surface area contributed by atoms with Crippen LogP contribution >= 0.6 is 0 Å². The maximum atomic E-state index is 13.1. The highest BCUT2D eigenvalue weighted by atomic mass is 19.1. The molecule has 0 amide bonds. The smallest absolute Gasteiger partial charge is 0.123 e. The van der Waals surface area contributed by atoms with Crippen molar-refractivity contribution in [1.29, 1.82) is 0 Å². The van der Waals surface area contributed by atoms with Gasteiger partial charge in [-0.2, -0.15) is 5.10 Å². The van der Waals surface area contributed by atoms with E-state index in [0.717, 1.165) is 44.7 Å². The summed E-state index contributed by atoms with van der Waals surface area (Å²) in [5, 5.41) is 13.8. The van der Waals surface area contributed by atoms with Crippen LogP contribution in [0, 0.1) is 12.7 Å². The minimum atomic E-state index is -0.202. The van der Waals surface area contributed by atoms with Crippen LogP contribution in [0.1, 0.15) is 23.2 Å². The molecule has 1 aromatic carbocycles. The molecule has 2 heterocycles.